The SMILES string of the molecule is C[C@H]1c2c([nH]c3ccc(C(F)(F)F)cc23)C[C@H]2CCN(CCC3(C=CS(N)(=O)=O)CCOCC3)C[C@@H]21. The summed E-state index contributed by atoms with van der Waals surface area (Å²) < 4.78 is 68.8. The van der Waals surface area contributed by atoms with Gasteiger partial charge >= 0.3 is 6.18 Å². The van der Waals surface area contributed by atoms with Crippen molar-refractivity contribution in [1.82, 2.24) is 9.88 Å². The Kier molecular flexibility index (Phi) is 6.76. The van der Waals surface area contributed by atoms with E-state index < -0.39 is 21.8 Å². The van der Waals surface area contributed by atoms with Gasteiger partial charge in [-0.2, -0.15) is 13.2 Å². The second kappa shape index (κ2) is 9.45. The van der Waals surface area contributed by atoms with E-state index in [4.69, 9.17) is 9.88 Å². The number of nitrogens with zero attached hydrogens (tertiary/aromatic N) is 1. The first kappa shape index (κ1) is 25.8. The molecule has 3 N–H and O–H groups in total. The number of fused-ring (bicyclic) bond motifs is 4. The molecule has 2 aliphatic heterocycles. The zero-order valence-electron chi connectivity index (χ0n) is 20.5. The number of hydrogen-bond acceptors (Lipinski definition) is 4. The van der Waals surface area contributed by atoms with Crippen LogP contribution in [-0.4, -0.2) is 51.1 Å². The lowest BCUT2D eigenvalue weighted by Crippen LogP contribution is -2.46. The van der Waals surface area contributed by atoms with Gasteiger partial charge in [0, 0.05) is 41.8 Å². The van der Waals surface area contributed by atoms with Crippen molar-refractivity contribution in [2.45, 2.75) is 51.1 Å². The summed E-state index contributed by atoms with van der Waals surface area (Å²) in [5.74, 6) is 1.02. The number of alkyl halides is 3. The number of nitrogens with two attached hydrogens (primary N) is 1. The van der Waals surface area contributed by atoms with Crippen LogP contribution in [0.15, 0.2) is 29.7 Å². The Balaban J connectivity index is 1.33. The maximum absolute atomic E-state index is 13.4. The largest absolute Gasteiger partial charge is 0.416 e. The number of allylic oxidation sites excluding steroid dienone is 1. The fourth-order valence-corrected chi connectivity index (χ4v) is 7.10. The van der Waals surface area contributed by atoms with Gasteiger partial charge in [0.1, 0.15) is 0 Å². The number of aromatic nitrogens is 1. The summed E-state index contributed by atoms with van der Waals surface area (Å²) >= 11 is 0. The lowest BCUT2D eigenvalue weighted by atomic mass is 9.68. The van der Waals surface area contributed by atoms with E-state index in [0.29, 0.717) is 30.4 Å². The van der Waals surface area contributed by atoms with Gasteiger partial charge < -0.3 is 14.6 Å². The fraction of sp³-hybridized carbons (Fsp3) is 0.615. The second-order valence-electron chi connectivity index (χ2n) is 10.9. The number of hydrogen-bond donors (Lipinski definition) is 2. The molecular weight excluding hydrogens is 491 g/mol. The number of nitrogens with one attached hydrogen (secondary N) is 1. The number of likely N-dealkylation sites (tertiary alicyclic amines) is 1. The lowest BCUT2D eigenvalue weighted by molar-refractivity contribution is -0.137. The third kappa shape index (κ3) is 5.23. The molecule has 0 bridgehead atoms. The summed E-state index contributed by atoms with van der Waals surface area (Å²) in [5.41, 5.74) is 2.04. The van der Waals surface area contributed by atoms with Gasteiger partial charge in [0.2, 0.25) is 10.0 Å². The van der Waals surface area contributed by atoms with Crippen LogP contribution in [0.2, 0.25) is 0 Å². The van der Waals surface area contributed by atoms with Crippen LogP contribution in [0.3, 0.4) is 0 Å². The number of ether oxygens (including phenoxy) is 1. The molecule has 1 aliphatic carbocycles. The molecule has 2 aromatic rings. The molecule has 198 valence electrons. The van der Waals surface area contributed by atoms with E-state index >= 15 is 0 Å². The fourth-order valence-electron chi connectivity index (χ4n) is 6.62. The minimum atomic E-state index is -4.36. The number of rotatable bonds is 5. The predicted octanol–water partition coefficient (Wildman–Crippen LogP) is 4.77. The normalized spacial score (nSPS) is 27.3. The highest BCUT2D eigenvalue weighted by atomic mass is 32.2. The molecule has 36 heavy (non-hydrogen) atoms. The first-order valence-corrected chi connectivity index (χ1v) is 14.3. The zero-order chi connectivity index (χ0) is 25.7. The zero-order valence-corrected chi connectivity index (χ0v) is 21.3. The van der Waals surface area contributed by atoms with Gasteiger partial charge in [-0.1, -0.05) is 13.0 Å². The van der Waals surface area contributed by atoms with Crippen LogP contribution in [-0.2, 0) is 27.4 Å². The molecular formula is C26H34F3N3O3S. The van der Waals surface area contributed by atoms with Crippen molar-refractivity contribution in [1.29, 1.82) is 0 Å². The third-order valence-corrected chi connectivity index (χ3v) is 9.24. The Hall–Kier alpha value is -1.88. The van der Waals surface area contributed by atoms with Gasteiger partial charge in [-0.3, -0.25) is 0 Å². The monoisotopic (exact) mass is 525 g/mol. The number of H-pyrrole nitrogens is 1. The molecule has 0 saturated carbocycles. The van der Waals surface area contributed by atoms with Crippen molar-refractivity contribution in [2.24, 2.45) is 22.4 Å². The van der Waals surface area contributed by atoms with Gasteiger partial charge in [0.05, 0.1) is 5.56 Å². The van der Waals surface area contributed by atoms with E-state index in [9.17, 15) is 21.6 Å². The van der Waals surface area contributed by atoms with E-state index in [1.54, 1.807) is 12.1 Å². The summed E-state index contributed by atoms with van der Waals surface area (Å²) in [6.45, 7) is 6.04. The standard InChI is InChI=1S/C26H34F3N3O3S/c1-17-21-16-32(10-5-25(6-11-35-12-7-25)8-13-36(30,33)34)9-4-18(21)14-23-24(17)20-15-19(26(27,28)29)2-3-22(20)31-23/h2-3,8,13,15,17-18,21,31H,4-7,9-12,14,16H2,1H3,(H2,30,33,34)/t17-,18-,21-/m1/s1. The Labute approximate surface area is 210 Å². The summed E-state index contributed by atoms with van der Waals surface area (Å²) in [7, 11) is -3.69. The maximum atomic E-state index is 13.4. The molecule has 2 saturated heterocycles. The number of aromatic amines is 1. The molecule has 6 nitrogen and oxygen atoms in total. The average Bonchev–Trinajstić information content (AvgIpc) is 3.19. The first-order valence-electron chi connectivity index (χ1n) is 12.7. The molecule has 10 heteroatoms. The number of halogens is 3. The Morgan fingerprint density at radius 2 is 2.03 bits per heavy atom. The predicted molar refractivity (Wildman–Crippen MR) is 133 cm³/mol. The van der Waals surface area contributed by atoms with Gasteiger partial charge in [-0.05, 0) is 92.1 Å². The molecule has 3 heterocycles. The lowest BCUT2D eigenvalue weighted by Gasteiger charge is -2.45. The van der Waals surface area contributed by atoms with Crippen LogP contribution < -0.4 is 5.14 Å². The molecule has 0 unspecified atom stereocenters. The maximum Gasteiger partial charge on any atom is 0.416 e. The third-order valence-electron chi connectivity index (χ3n) is 8.73. The van der Waals surface area contributed by atoms with E-state index in [2.05, 4.69) is 16.8 Å². The average molecular weight is 526 g/mol. The Morgan fingerprint density at radius 1 is 1.28 bits per heavy atom. The van der Waals surface area contributed by atoms with Crippen LogP contribution in [0.4, 0.5) is 13.2 Å². The van der Waals surface area contributed by atoms with Crippen molar-refractivity contribution in [3.8, 4) is 0 Å². The number of benzene rings is 1. The van der Waals surface area contributed by atoms with Gasteiger partial charge in [-0.15, -0.1) is 0 Å². The second-order valence-corrected chi connectivity index (χ2v) is 12.3. The molecule has 3 atom stereocenters. The summed E-state index contributed by atoms with van der Waals surface area (Å²) in [6.07, 6.45) is 1.65. The Morgan fingerprint density at radius 3 is 2.72 bits per heavy atom. The molecule has 0 radical (unpaired) electrons. The molecule has 2 fully saturated rings. The van der Waals surface area contributed by atoms with Crippen LogP contribution >= 0.6 is 0 Å². The van der Waals surface area contributed by atoms with Crippen LogP contribution in [0.5, 0.6) is 0 Å². The summed E-state index contributed by atoms with van der Waals surface area (Å²) in [4.78, 5) is 5.85. The highest BCUT2D eigenvalue weighted by Crippen LogP contribution is 2.47. The molecule has 0 spiro atoms. The summed E-state index contributed by atoms with van der Waals surface area (Å²) in [6, 6.07) is 4.01. The molecule has 1 aromatic heterocycles. The minimum absolute atomic E-state index is 0.151. The minimum Gasteiger partial charge on any atom is -0.381 e. The molecule has 3 aliphatic rings. The number of piperidine rings is 1. The van der Waals surface area contributed by atoms with Gasteiger partial charge in [0.15, 0.2) is 0 Å². The summed E-state index contributed by atoms with van der Waals surface area (Å²) in [5, 5.41) is 7.04. The van der Waals surface area contributed by atoms with Crippen molar-refractivity contribution in [3.63, 3.8) is 0 Å². The van der Waals surface area contributed by atoms with E-state index in [1.165, 1.54) is 6.07 Å². The number of sulfonamides is 1. The van der Waals surface area contributed by atoms with Crippen molar-refractivity contribution >= 4 is 20.9 Å². The van der Waals surface area contributed by atoms with E-state index in [1.807, 2.05) is 0 Å². The topological polar surface area (TPSA) is 88.4 Å². The molecule has 1 aromatic carbocycles. The Bertz CT molecular complexity index is 1250. The van der Waals surface area contributed by atoms with Crippen LogP contribution in [0.1, 0.15) is 55.3 Å². The highest BCUT2D eigenvalue weighted by molar-refractivity contribution is 7.92. The molecule has 5 rings (SSSR count). The van der Waals surface area contributed by atoms with Gasteiger partial charge in [-0.25, -0.2) is 13.6 Å². The van der Waals surface area contributed by atoms with Crippen LogP contribution in [0.25, 0.3) is 10.9 Å². The highest BCUT2D eigenvalue weighted by Gasteiger charge is 2.41. The first-order chi connectivity index (χ1) is 16.9. The van der Waals surface area contributed by atoms with Crippen molar-refractivity contribution in [3.05, 3.63) is 46.5 Å². The van der Waals surface area contributed by atoms with Crippen LogP contribution in [0, 0.1) is 17.3 Å². The van der Waals surface area contributed by atoms with Crippen molar-refractivity contribution < 1.29 is 26.3 Å². The van der Waals surface area contributed by atoms with E-state index in [-0.39, 0.29) is 11.3 Å². The van der Waals surface area contributed by atoms with E-state index in [0.717, 1.165) is 80.0 Å². The quantitative estimate of drug-likeness (QED) is 0.589. The molecule has 0 amide bonds. The number of primary sulfonamides is 1. The van der Waals surface area contributed by atoms with Gasteiger partial charge in [0.25, 0.3) is 0 Å². The smallest absolute Gasteiger partial charge is 0.381 e. The van der Waals surface area contributed by atoms with Crippen molar-refractivity contribution in [2.75, 3.05) is 32.8 Å².